The molecule has 0 aromatic heterocycles. The van der Waals surface area contributed by atoms with Gasteiger partial charge in [0.2, 0.25) is 5.91 Å². The Balaban J connectivity index is 2.60. The average molecular weight is 280 g/mol. The number of carbonyl (C=O) groups is 1. The first-order valence-electron chi connectivity index (χ1n) is 6.65. The van der Waals surface area contributed by atoms with Crippen LogP contribution >= 0.6 is 11.8 Å². The lowest BCUT2D eigenvalue weighted by molar-refractivity contribution is -0.114. The number of carbonyl (C=O) groups excluding carboxylic acids is 1. The van der Waals surface area contributed by atoms with E-state index in [1.807, 2.05) is 30.0 Å². The van der Waals surface area contributed by atoms with Crippen molar-refractivity contribution in [3.8, 4) is 0 Å². The molecule has 0 aliphatic rings. The van der Waals surface area contributed by atoms with Crippen molar-refractivity contribution in [2.24, 2.45) is 0 Å². The quantitative estimate of drug-likeness (QED) is 0.804. The fourth-order valence-corrected chi connectivity index (χ4v) is 2.58. The van der Waals surface area contributed by atoms with E-state index >= 15 is 0 Å². The smallest absolute Gasteiger partial charge is 0.221 e. The maximum Gasteiger partial charge on any atom is 0.221 e. The van der Waals surface area contributed by atoms with Gasteiger partial charge >= 0.3 is 0 Å². The number of benzene rings is 1. The number of thioether (sulfide) groups is 1. The fourth-order valence-electron chi connectivity index (χ4n) is 1.99. The standard InChI is InChI=1S/C15H24N2OS/c1-11(8-9-19-4)16-12(2)14-6-5-7-15(10-14)17-13(3)18/h5-7,10-12,16H,8-9H2,1-4H3,(H,17,18)/t11-,12-/m1/s1. The van der Waals surface area contributed by atoms with E-state index < -0.39 is 0 Å². The molecule has 1 rings (SSSR count). The van der Waals surface area contributed by atoms with E-state index in [0.29, 0.717) is 6.04 Å². The zero-order chi connectivity index (χ0) is 14.3. The monoisotopic (exact) mass is 280 g/mol. The SMILES string of the molecule is CSCC[C@@H](C)N[C@H](C)c1cccc(NC(C)=O)c1. The molecule has 0 unspecified atom stereocenters. The molecular formula is C15H24N2OS. The van der Waals surface area contributed by atoms with Crippen molar-refractivity contribution in [3.63, 3.8) is 0 Å². The summed E-state index contributed by atoms with van der Waals surface area (Å²) < 4.78 is 0. The number of anilines is 1. The molecule has 0 aliphatic heterocycles. The molecule has 2 N–H and O–H groups in total. The number of rotatable bonds is 7. The molecule has 1 amide bonds. The van der Waals surface area contributed by atoms with E-state index in [1.165, 1.54) is 18.2 Å². The Morgan fingerprint density at radius 1 is 1.37 bits per heavy atom. The minimum Gasteiger partial charge on any atom is -0.326 e. The summed E-state index contributed by atoms with van der Waals surface area (Å²) in [6.45, 7) is 5.89. The first-order chi connectivity index (χ1) is 9.02. The lowest BCUT2D eigenvalue weighted by Gasteiger charge is -2.20. The van der Waals surface area contributed by atoms with E-state index in [1.54, 1.807) is 0 Å². The third kappa shape index (κ3) is 6.12. The van der Waals surface area contributed by atoms with E-state index in [0.717, 1.165) is 12.1 Å². The van der Waals surface area contributed by atoms with Gasteiger partial charge in [-0.1, -0.05) is 12.1 Å². The summed E-state index contributed by atoms with van der Waals surface area (Å²) in [6.07, 6.45) is 3.30. The van der Waals surface area contributed by atoms with Gasteiger partial charge in [0.25, 0.3) is 0 Å². The summed E-state index contributed by atoms with van der Waals surface area (Å²) in [4.78, 5) is 11.1. The molecule has 1 aromatic rings. The van der Waals surface area contributed by atoms with Gasteiger partial charge in [-0.15, -0.1) is 0 Å². The summed E-state index contributed by atoms with van der Waals surface area (Å²) in [7, 11) is 0. The van der Waals surface area contributed by atoms with Crippen LogP contribution in [0.25, 0.3) is 0 Å². The summed E-state index contributed by atoms with van der Waals surface area (Å²) >= 11 is 1.87. The van der Waals surface area contributed by atoms with E-state index in [4.69, 9.17) is 0 Å². The Morgan fingerprint density at radius 2 is 2.11 bits per heavy atom. The molecule has 0 saturated heterocycles. The van der Waals surface area contributed by atoms with Crippen LogP contribution in [0.5, 0.6) is 0 Å². The van der Waals surface area contributed by atoms with Gasteiger partial charge in [0.1, 0.15) is 0 Å². The Kier molecular flexibility index (Phi) is 6.95. The zero-order valence-electron chi connectivity index (χ0n) is 12.2. The highest BCUT2D eigenvalue weighted by Gasteiger charge is 2.09. The normalized spacial score (nSPS) is 13.9. The molecule has 106 valence electrons. The maximum absolute atomic E-state index is 11.1. The number of nitrogens with one attached hydrogen (secondary N) is 2. The second-order valence-electron chi connectivity index (χ2n) is 4.88. The molecular weight excluding hydrogens is 256 g/mol. The van der Waals surface area contributed by atoms with E-state index in [-0.39, 0.29) is 11.9 Å². The number of amides is 1. The van der Waals surface area contributed by atoms with Crippen LogP contribution in [0.1, 0.15) is 38.8 Å². The van der Waals surface area contributed by atoms with Crippen molar-refractivity contribution in [3.05, 3.63) is 29.8 Å². The minimum atomic E-state index is -0.0360. The van der Waals surface area contributed by atoms with E-state index in [9.17, 15) is 4.79 Å². The first kappa shape index (κ1) is 16.1. The van der Waals surface area contributed by atoms with Crippen LogP contribution in [0.2, 0.25) is 0 Å². The molecule has 0 fully saturated rings. The lowest BCUT2D eigenvalue weighted by atomic mass is 10.1. The second kappa shape index (κ2) is 8.23. The molecule has 1 aromatic carbocycles. The van der Waals surface area contributed by atoms with Gasteiger partial charge < -0.3 is 10.6 Å². The van der Waals surface area contributed by atoms with Gasteiger partial charge in [0.05, 0.1) is 0 Å². The van der Waals surface area contributed by atoms with Crippen LogP contribution in [0.15, 0.2) is 24.3 Å². The van der Waals surface area contributed by atoms with Crippen molar-refractivity contribution in [1.29, 1.82) is 0 Å². The average Bonchev–Trinajstić information content (AvgIpc) is 2.35. The van der Waals surface area contributed by atoms with Crippen LogP contribution in [0, 0.1) is 0 Å². The van der Waals surface area contributed by atoms with Crippen molar-refractivity contribution < 1.29 is 4.79 Å². The second-order valence-corrected chi connectivity index (χ2v) is 5.86. The van der Waals surface area contributed by atoms with Gasteiger partial charge in [-0.25, -0.2) is 0 Å². The summed E-state index contributed by atoms with van der Waals surface area (Å²) in [6, 6.07) is 8.78. The highest BCUT2D eigenvalue weighted by Crippen LogP contribution is 2.18. The van der Waals surface area contributed by atoms with E-state index in [2.05, 4.69) is 36.8 Å². The molecule has 2 atom stereocenters. The van der Waals surface area contributed by atoms with Crippen LogP contribution in [0.4, 0.5) is 5.69 Å². The predicted octanol–water partition coefficient (Wildman–Crippen LogP) is 3.44. The zero-order valence-corrected chi connectivity index (χ0v) is 13.0. The third-order valence-corrected chi connectivity index (χ3v) is 3.64. The largest absolute Gasteiger partial charge is 0.326 e. The lowest BCUT2D eigenvalue weighted by Crippen LogP contribution is -2.29. The molecule has 3 nitrogen and oxygen atoms in total. The predicted molar refractivity (Wildman–Crippen MR) is 84.8 cm³/mol. The molecule has 4 heteroatoms. The third-order valence-electron chi connectivity index (χ3n) is 3.00. The molecule has 0 saturated carbocycles. The maximum atomic E-state index is 11.1. The first-order valence-corrected chi connectivity index (χ1v) is 8.05. The van der Waals surface area contributed by atoms with Gasteiger partial charge in [0, 0.05) is 24.7 Å². The van der Waals surface area contributed by atoms with Crippen molar-refractivity contribution in [2.75, 3.05) is 17.3 Å². The summed E-state index contributed by atoms with van der Waals surface area (Å²) in [5, 5.41) is 6.40. The van der Waals surface area contributed by atoms with Crippen LogP contribution in [-0.2, 0) is 4.79 Å². The molecule has 0 aliphatic carbocycles. The van der Waals surface area contributed by atoms with Gasteiger partial charge in [0.15, 0.2) is 0 Å². The topological polar surface area (TPSA) is 41.1 Å². The van der Waals surface area contributed by atoms with Gasteiger partial charge in [-0.05, 0) is 50.0 Å². The molecule has 0 heterocycles. The van der Waals surface area contributed by atoms with Crippen molar-refractivity contribution >= 4 is 23.4 Å². The molecule has 0 spiro atoms. The molecule has 0 bridgehead atoms. The van der Waals surface area contributed by atoms with Crippen molar-refractivity contribution in [1.82, 2.24) is 5.32 Å². The Labute approximate surface area is 120 Å². The number of hydrogen-bond donors (Lipinski definition) is 2. The Hall–Kier alpha value is -1.00. The van der Waals surface area contributed by atoms with Gasteiger partial charge in [-0.2, -0.15) is 11.8 Å². The number of hydrogen-bond acceptors (Lipinski definition) is 3. The molecule has 0 radical (unpaired) electrons. The Bertz CT molecular complexity index is 409. The van der Waals surface area contributed by atoms with Crippen molar-refractivity contribution in [2.45, 2.75) is 39.3 Å². The fraction of sp³-hybridized carbons (Fsp3) is 0.533. The van der Waals surface area contributed by atoms with Gasteiger partial charge in [-0.3, -0.25) is 4.79 Å². The molecule has 19 heavy (non-hydrogen) atoms. The summed E-state index contributed by atoms with van der Waals surface area (Å²) in [5.41, 5.74) is 2.05. The summed E-state index contributed by atoms with van der Waals surface area (Å²) in [5.74, 6) is 1.14. The highest BCUT2D eigenvalue weighted by molar-refractivity contribution is 7.98. The Morgan fingerprint density at radius 3 is 2.74 bits per heavy atom. The minimum absolute atomic E-state index is 0.0360. The highest BCUT2D eigenvalue weighted by atomic mass is 32.2. The van der Waals surface area contributed by atoms with Crippen LogP contribution < -0.4 is 10.6 Å². The van der Waals surface area contributed by atoms with Crippen LogP contribution in [0.3, 0.4) is 0 Å². The van der Waals surface area contributed by atoms with Crippen LogP contribution in [-0.4, -0.2) is 24.0 Å².